The summed E-state index contributed by atoms with van der Waals surface area (Å²) < 4.78 is 15.0. The predicted octanol–water partition coefficient (Wildman–Crippen LogP) is 1.77. The first-order valence-electron chi connectivity index (χ1n) is 7.78. The van der Waals surface area contributed by atoms with E-state index in [4.69, 9.17) is 0 Å². The van der Waals surface area contributed by atoms with E-state index < -0.39 is 6.04 Å². The predicted molar refractivity (Wildman–Crippen MR) is 82.1 cm³/mol. The Bertz CT molecular complexity index is 697. The second-order valence-corrected chi connectivity index (χ2v) is 6.18. The third kappa shape index (κ3) is 3.72. The number of nitrogens with zero attached hydrogens (tertiary/aromatic N) is 5. The van der Waals surface area contributed by atoms with Gasteiger partial charge in [0.1, 0.15) is 17.7 Å². The fourth-order valence-electron chi connectivity index (χ4n) is 2.72. The van der Waals surface area contributed by atoms with E-state index in [0.29, 0.717) is 18.2 Å². The topological polar surface area (TPSA) is 63.9 Å². The number of tetrazole rings is 1. The Morgan fingerprint density at radius 1 is 1.48 bits per heavy atom. The number of halogens is 1. The maximum absolute atomic E-state index is 13.4. The van der Waals surface area contributed by atoms with Crippen LogP contribution in [0.3, 0.4) is 0 Å². The lowest BCUT2D eigenvalue weighted by Crippen LogP contribution is -2.37. The van der Waals surface area contributed by atoms with Gasteiger partial charge in [-0.15, -0.1) is 5.10 Å². The van der Waals surface area contributed by atoms with Gasteiger partial charge in [-0.1, -0.05) is 12.1 Å². The van der Waals surface area contributed by atoms with Crippen molar-refractivity contribution in [2.24, 2.45) is 5.92 Å². The van der Waals surface area contributed by atoms with Crippen LogP contribution in [0.25, 0.3) is 0 Å². The van der Waals surface area contributed by atoms with E-state index in [1.165, 1.54) is 29.7 Å². The van der Waals surface area contributed by atoms with Gasteiger partial charge in [0.25, 0.3) is 0 Å². The third-order valence-corrected chi connectivity index (χ3v) is 4.16. The average molecular weight is 317 g/mol. The molecule has 2 aromatic rings. The molecule has 23 heavy (non-hydrogen) atoms. The van der Waals surface area contributed by atoms with Crippen LogP contribution in [-0.4, -0.2) is 44.6 Å². The summed E-state index contributed by atoms with van der Waals surface area (Å²) in [6, 6.07) is 5.73. The highest BCUT2D eigenvalue weighted by molar-refractivity contribution is 5.80. The molecule has 1 aliphatic carbocycles. The second kappa shape index (κ2) is 6.44. The molecule has 1 saturated carbocycles. The first-order valence-corrected chi connectivity index (χ1v) is 7.78. The van der Waals surface area contributed by atoms with Crippen LogP contribution in [-0.2, 0) is 11.2 Å². The van der Waals surface area contributed by atoms with Crippen LogP contribution in [0.4, 0.5) is 4.39 Å². The zero-order chi connectivity index (χ0) is 16.4. The molecule has 1 fully saturated rings. The number of carbonyl (C=O) groups excluding carboxylic acids is 1. The zero-order valence-electron chi connectivity index (χ0n) is 13.3. The minimum atomic E-state index is -0.560. The Balaban J connectivity index is 1.84. The van der Waals surface area contributed by atoms with E-state index in [0.717, 1.165) is 12.1 Å². The number of aromatic nitrogens is 4. The average Bonchev–Trinajstić information content (AvgIpc) is 3.23. The largest absolute Gasteiger partial charge is 0.344 e. The summed E-state index contributed by atoms with van der Waals surface area (Å²) in [5, 5.41) is 11.5. The Labute approximate surface area is 134 Å². The lowest BCUT2D eigenvalue weighted by atomic mass is 10.0. The smallest absolute Gasteiger partial charge is 0.247 e. The molecule has 0 spiro atoms. The Morgan fingerprint density at radius 2 is 2.26 bits per heavy atom. The van der Waals surface area contributed by atoms with E-state index >= 15 is 0 Å². The fourth-order valence-corrected chi connectivity index (χ4v) is 2.72. The molecule has 1 aliphatic rings. The van der Waals surface area contributed by atoms with Gasteiger partial charge in [0.15, 0.2) is 0 Å². The second-order valence-electron chi connectivity index (χ2n) is 6.18. The van der Waals surface area contributed by atoms with E-state index in [9.17, 15) is 9.18 Å². The van der Waals surface area contributed by atoms with Crippen LogP contribution in [0.15, 0.2) is 24.3 Å². The van der Waals surface area contributed by atoms with Gasteiger partial charge in [-0.3, -0.25) is 4.79 Å². The third-order valence-electron chi connectivity index (χ3n) is 4.16. The number of hydrogen-bond donors (Lipinski definition) is 0. The van der Waals surface area contributed by atoms with Crippen molar-refractivity contribution in [2.75, 3.05) is 13.6 Å². The fraction of sp³-hybridized carbons (Fsp3) is 0.500. The number of amides is 1. The molecule has 122 valence electrons. The zero-order valence-corrected chi connectivity index (χ0v) is 13.3. The van der Waals surface area contributed by atoms with Crippen molar-refractivity contribution in [2.45, 2.75) is 32.2 Å². The Hall–Kier alpha value is -2.31. The molecule has 0 aliphatic heterocycles. The molecule has 0 radical (unpaired) electrons. The molecule has 0 N–H and O–H groups in total. The lowest BCUT2D eigenvalue weighted by Gasteiger charge is -2.24. The highest BCUT2D eigenvalue weighted by Crippen LogP contribution is 2.30. The first kappa shape index (κ1) is 15.6. The van der Waals surface area contributed by atoms with E-state index in [2.05, 4.69) is 15.5 Å². The number of rotatable bonds is 6. The number of benzene rings is 1. The molecular formula is C16H20FN5O. The van der Waals surface area contributed by atoms with Crippen molar-refractivity contribution >= 4 is 5.91 Å². The van der Waals surface area contributed by atoms with E-state index in [1.54, 1.807) is 24.9 Å². The van der Waals surface area contributed by atoms with Crippen molar-refractivity contribution in [1.82, 2.24) is 25.1 Å². The van der Waals surface area contributed by atoms with Crippen LogP contribution in [0.1, 0.15) is 30.3 Å². The molecule has 1 amide bonds. The van der Waals surface area contributed by atoms with Crippen molar-refractivity contribution in [3.05, 3.63) is 41.5 Å². The van der Waals surface area contributed by atoms with Gasteiger partial charge < -0.3 is 4.90 Å². The summed E-state index contributed by atoms with van der Waals surface area (Å²) in [4.78, 5) is 14.6. The van der Waals surface area contributed by atoms with Gasteiger partial charge in [-0.25, -0.2) is 9.07 Å². The van der Waals surface area contributed by atoms with Gasteiger partial charge >= 0.3 is 0 Å². The van der Waals surface area contributed by atoms with E-state index in [-0.39, 0.29) is 11.7 Å². The van der Waals surface area contributed by atoms with Crippen molar-refractivity contribution in [1.29, 1.82) is 0 Å². The van der Waals surface area contributed by atoms with E-state index in [1.807, 2.05) is 6.07 Å². The summed E-state index contributed by atoms with van der Waals surface area (Å²) in [6.45, 7) is 2.51. The maximum atomic E-state index is 13.4. The summed E-state index contributed by atoms with van der Waals surface area (Å²) >= 11 is 0. The highest BCUT2D eigenvalue weighted by Gasteiger charge is 2.31. The van der Waals surface area contributed by atoms with Gasteiger partial charge in [0, 0.05) is 20.0 Å². The molecular weight excluding hydrogens is 297 g/mol. The van der Waals surface area contributed by atoms with Crippen LogP contribution < -0.4 is 0 Å². The molecule has 1 heterocycles. The van der Waals surface area contributed by atoms with Crippen LogP contribution in [0.2, 0.25) is 0 Å². The van der Waals surface area contributed by atoms with Gasteiger partial charge in [0.05, 0.1) is 0 Å². The molecule has 1 atom stereocenters. The SMILES string of the molecule is Cc1nnnn1C(Cc1cccc(F)c1)C(=O)N(C)CC1CC1. The lowest BCUT2D eigenvalue weighted by molar-refractivity contribution is -0.134. The highest BCUT2D eigenvalue weighted by atomic mass is 19.1. The molecule has 7 heteroatoms. The first-order chi connectivity index (χ1) is 11.0. The monoisotopic (exact) mass is 317 g/mol. The molecule has 6 nitrogen and oxygen atoms in total. The summed E-state index contributed by atoms with van der Waals surface area (Å²) in [5.74, 6) is 0.818. The maximum Gasteiger partial charge on any atom is 0.247 e. The Morgan fingerprint density at radius 3 is 2.87 bits per heavy atom. The number of hydrogen-bond acceptors (Lipinski definition) is 4. The van der Waals surface area contributed by atoms with Gasteiger partial charge in [0.2, 0.25) is 5.91 Å². The van der Waals surface area contributed by atoms with Crippen molar-refractivity contribution in [3.63, 3.8) is 0 Å². The standard InChI is InChI=1S/C16H20FN5O/c1-11-18-19-20-22(11)15(9-13-4-3-5-14(17)8-13)16(23)21(2)10-12-6-7-12/h3-5,8,12,15H,6-7,9-10H2,1-2H3. The molecule has 1 unspecified atom stereocenters. The van der Waals surface area contributed by atoms with Crippen LogP contribution in [0.5, 0.6) is 0 Å². The molecule has 0 bridgehead atoms. The van der Waals surface area contributed by atoms with Crippen molar-refractivity contribution < 1.29 is 9.18 Å². The van der Waals surface area contributed by atoms with Gasteiger partial charge in [-0.2, -0.15) is 0 Å². The summed E-state index contributed by atoms with van der Waals surface area (Å²) in [5.41, 5.74) is 0.748. The molecule has 3 rings (SSSR count). The van der Waals surface area contributed by atoms with Crippen molar-refractivity contribution in [3.8, 4) is 0 Å². The number of aryl methyl sites for hydroxylation is 1. The Kier molecular flexibility index (Phi) is 4.36. The van der Waals surface area contributed by atoms with Gasteiger partial charge in [-0.05, 0) is 53.8 Å². The molecule has 0 saturated heterocycles. The number of likely N-dealkylation sites (N-methyl/N-ethyl adjacent to an activating group) is 1. The number of carbonyl (C=O) groups is 1. The normalized spacial score (nSPS) is 15.4. The summed E-state index contributed by atoms with van der Waals surface area (Å²) in [7, 11) is 1.80. The summed E-state index contributed by atoms with van der Waals surface area (Å²) in [6.07, 6.45) is 2.71. The molecule has 1 aromatic heterocycles. The quantitative estimate of drug-likeness (QED) is 0.814. The molecule has 1 aromatic carbocycles. The minimum Gasteiger partial charge on any atom is -0.344 e. The van der Waals surface area contributed by atoms with Crippen LogP contribution in [0, 0.1) is 18.7 Å². The minimum absolute atomic E-state index is 0.0449. The van der Waals surface area contributed by atoms with Crippen LogP contribution >= 0.6 is 0 Å².